The molecule has 33 heavy (non-hydrogen) atoms. The van der Waals surface area contributed by atoms with Crippen molar-refractivity contribution in [2.45, 2.75) is 26.4 Å². The Morgan fingerprint density at radius 1 is 1.09 bits per heavy atom. The molecule has 0 unspecified atom stereocenters. The van der Waals surface area contributed by atoms with Crippen LogP contribution in [0.25, 0.3) is 11.1 Å². The van der Waals surface area contributed by atoms with Crippen molar-refractivity contribution < 1.29 is 23.5 Å². The first-order valence-electron chi connectivity index (χ1n) is 10.3. The summed E-state index contributed by atoms with van der Waals surface area (Å²) in [5, 5.41) is 15.5. The first kappa shape index (κ1) is 23.8. The van der Waals surface area contributed by atoms with E-state index in [9.17, 15) is 23.5 Å². The molecule has 2 aromatic carbocycles. The fourth-order valence-corrected chi connectivity index (χ4v) is 3.40. The van der Waals surface area contributed by atoms with E-state index in [4.69, 9.17) is 5.73 Å². The summed E-state index contributed by atoms with van der Waals surface area (Å²) in [6.07, 6.45) is 0.408. The molecule has 2 amide bonds. The smallest absolute Gasteiger partial charge is 0.257 e. The zero-order valence-electron chi connectivity index (χ0n) is 18.2. The molecule has 1 heterocycles. The van der Waals surface area contributed by atoms with Gasteiger partial charge >= 0.3 is 0 Å². The van der Waals surface area contributed by atoms with Crippen LogP contribution in [-0.2, 0) is 11.2 Å². The quantitative estimate of drug-likeness (QED) is 0.435. The lowest BCUT2D eigenvalue weighted by atomic mass is 9.97. The number of halogens is 2. The third-order valence-corrected chi connectivity index (χ3v) is 5.01. The number of nitrogen functional groups attached to an aromatic ring is 1. The summed E-state index contributed by atoms with van der Waals surface area (Å²) in [5.41, 5.74) is 8.63. The normalized spacial score (nSPS) is 11.7. The van der Waals surface area contributed by atoms with Crippen LogP contribution in [0.1, 0.15) is 41.4 Å². The van der Waals surface area contributed by atoms with Gasteiger partial charge in [0.1, 0.15) is 17.5 Å². The average molecular weight is 454 g/mol. The largest absolute Gasteiger partial charge is 0.383 e. The maximum atomic E-state index is 13.4. The lowest BCUT2D eigenvalue weighted by Gasteiger charge is -2.15. The Balaban J connectivity index is 1.86. The highest BCUT2D eigenvalue weighted by molar-refractivity contribution is 5.99. The standard InChI is InChI=1S/C24H24F2N4O3/c1-3-13-9-18(30-24(33)21(31)14-7-16(25)11-17(26)8-14)5-6-19(13)15-10-20(22(27)29-12-15)23(32)28-4-2/h5-12,21,31H,3-4H2,1-2H3,(H2,27,29)(H,28,32)(H,30,33)/t21-/m1/s1. The van der Waals surface area contributed by atoms with Crippen LogP contribution in [0, 0.1) is 11.6 Å². The van der Waals surface area contributed by atoms with Crippen molar-refractivity contribution in [3.05, 3.63) is 77.0 Å². The van der Waals surface area contributed by atoms with Crippen LogP contribution in [0.5, 0.6) is 0 Å². The van der Waals surface area contributed by atoms with Gasteiger partial charge < -0.3 is 21.5 Å². The number of carbonyl (C=O) groups is 2. The summed E-state index contributed by atoms with van der Waals surface area (Å²) in [6, 6.07) is 9.19. The fraction of sp³-hybridized carbons (Fsp3) is 0.208. The van der Waals surface area contributed by atoms with Gasteiger partial charge in [0, 0.05) is 30.1 Å². The van der Waals surface area contributed by atoms with E-state index < -0.39 is 23.6 Å². The number of nitrogens with two attached hydrogens (primary N) is 1. The number of hydrogen-bond acceptors (Lipinski definition) is 5. The maximum Gasteiger partial charge on any atom is 0.257 e. The zero-order chi connectivity index (χ0) is 24.1. The number of pyridine rings is 1. The summed E-state index contributed by atoms with van der Waals surface area (Å²) in [4.78, 5) is 28.8. The highest BCUT2D eigenvalue weighted by Gasteiger charge is 2.20. The molecule has 0 aliphatic carbocycles. The monoisotopic (exact) mass is 454 g/mol. The lowest BCUT2D eigenvalue weighted by molar-refractivity contribution is -0.124. The van der Waals surface area contributed by atoms with Gasteiger partial charge in [-0.2, -0.15) is 0 Å². The van der Waals surface area contributed by atoms with Gasteiger partial charge in [0.05, 0.1) is 5.56 Å². The van der Waals surface area contributed by atoms with Gasteiger partial charge in [0.25, 0.3) is 11.8 Å². The van der Waals surface area contributed by atoms with Crippen LogP contribution >= 0.6 is 0 Å². The molecule has 0 radical (unpaired) electrons. The molecule has 9 heteroatoms. The summed E-state index contributed by atoms with van der Waals surface area (Å²) >= 11 is 0. The predicted octanol–water partition coefficient (Wildman–Crippen LogP) is 3.59. The SMILES string of the molecule is CCNC(=O)c1cc(-c2ccc(NC(=O)[C@H](O)c3cc(F)cc(F)c3)cc2CC)cnc1N. The first-order chi connectivity index (χ1) is 15.7. The predicted molar refractivity (Wildman–Crippen MR) is 121 cm³/mol. The maximum absolute atomic E-state index is 13.4. The van der Waals surface area contributed by atoms with Gasteiger partial charge in [-0.25, -0.2) is 13.8 Å². The highest BCUT2D eigenvalue weighted by atomic mass is 19.1. The van der Waals surface area contributed by atoms with E-state index in [1.54, 1.807) is 37.4 Å². The molecule has 0 saturated heterocycles. The molecule has 172 valence electrons. The Hall–Kier alpha value is -3.85. The number of nitrogens with one attached hydrogen (secondary N) is 2. The van der Waals surface area contributed by atoms with Crippen molar-refractivity contribution in [3.63, 3.8) is 0 Å². The van der Waals surface area contributed by atoms with E-state index in [2.05, 4.69) is 15.6 Å². The lowest BCUT2D eigenvalue weighted by Crippen LogP contribution is -2.24. The molecular weight excluding hydrogens is 430 g/mol. The van der Waals surface area contributed by atoms with Gasteiger partial charge in [0.15, 0.2) is 6.10 Å². The number of aromatic nitrogens is 1. The third kappa shape index (κ3) is 5.50. The highest BCUT2D eigenvalue weighted by Crippen LogP contribution is 2.29. The number of hydrogen-bond donors (Lipinski definition) is 4. The van der Waals surface area contributed by atoms with E-state index in [-0.39, 0.29) is 22.9 Å². The van der Waals surface area contributed by atoms with Crippen molar-refractivity contribution >= 4 is 23.3 Å². The average Bonchev–Trinajstić information content (AvgIpc) is 2.78. The fourth-order valence-electron chi connectivity index (χ4n) is 3.40. The summed E-state index contributed by atoms with van der Waals surface area (Å²) in [6.45, 7) is 4.17. The van der Waals surface area contributed by atoms with Gasteiger partial charge in [-0.3, -0.25) is 9.59 Å². The van der Waals surface area contributed by atoms with Gasteiger partial charge in [0.2, 0.25) is 0 Å². The summed E-state index contributed by atoms with van der Waals surface area (Å²) in [5.74, 6) is -2.82. The second-order valence-electron chi connectivity index (χ2n) is 7.34. The molecule has 0 fully saturated rings. The number of benzene rings is 2. The van der Waals surface area contributed by atoms with Crippen molar-refractivity contribution in [3.8, 4) is 11.1 Å². The Kier molecular flexibility index (Phi) is 7.34. The van der Waals surface area contributed by atoms with Crippen LogP contribution in [-0.4, -0.2) is 28.4 Å². The minimum Gasteiger partial charge on any atom is -0.383 e. The molecule has 0 saturated carbocycles. The molecular formula is C24H24F2N4O3. The van der Waals surface area contributed by atoms with E-state index in [1.165, 1.54) is 0 Å². The minimum absolute atomic E-state index is 0.120. The van der Waals surface area contributed by atoms with Crippen LogP contribution in [0.4, 0.5) is 20.3 Å². The van der Waals surface area contributed by atoms with Crippen LogP contribution in [0.15, 0.2) is 48.7 Å². The second kappa shape index (κ2) is 10.2. The van der Waals surface area contributed by atoms with Gasteiger partial charge in [-0.05, 0) is 60.4 Å². The Morgan fingerprint density at radius 3 is 2.42 bits per heavy atom. The number of carbonyl (C=O) groups excluding carboxylic acids is 2. The molecule has 3 rings (SSSR count). The number of amides is 2. The third-order valence-electron chi connectivity index (χ3n) is 5.01. The molecule has 0 bridgehead atoms. The van der Waals surface area contributed by atoms with Crippen LogP contribution < -0.4 is 16.4 Å². The van der Waals surface area contributed by atoms with E-state index >= 15 is 0 Å². The molecule has 0 aliphatic heterocycles. The second-order valence-corrected chi connectivity index (χ2v) is 7.34. The Labute approximate surface area is 189 Å². The number of aliphatic hydroxyl groups excluding tert-OH is 1. The summed E-state index contributed by atoms with van der Waals surface area (Å²) < 4.78 is 26.8. The number of aliphatic hydroxyl groups is 1. The first-order valence-corrected chi connectivity index (χ1v) is 10.3. The summed E-state index contributed by atoms with van der Waals surface area (Å²) in [7, 11) is 0. The molecule has 7 nitrogen and oxygen atoms in total. The van der Waals surface area contributed by atoms with E-state index in [1.807, 2.05) is 6.92 Å². The molecule has 1 atom stereocenters. The van der Waals surface area contributed by atoms with Gasteiger partial charge in [-0.1, -0.05) is 13.0 Å². The van der Waals surface area contributed by atoms with Crippen molar-refractivity contribution in [1.29, 1.82) is 0 Å². The molecule has 0 spiro atoms. The Bertz CT molecular complexity index is 1180. The molecule has 3 aromatic rings. The van der Waals surface area contributed by atoms with Crippen molar-refractivity contribution in [2.75, 3.05) is 17.6 Å². The number of rotatable bonds is 7. The Morgan fingerprint density at radius 2 is 1.79 bits per heavy atom. The van der Waals surface area contributed by atoms with Crippen LogP contribution in [0.2, 0.25) is 0 Å². The van der Waals surface area contributed by atoms with E-state index in [0.29, 0.717) is 30.3 Å². The number of anilines is 2. The zero-order valence-corrected chi connectivity index (χ0v) is 18.2. The minimum atomic E-state index is -1.75. The van der Waals surface area contributed by atoms with Crippen LogP contribution in [0.3, 0.4) is 0 Å². The van der Waals surface area contributed by atoms with E-state index in [0.717, 1.165) is 23.3 Å². The number of aryl methyl sites for hydroxylation is 1. The van der Waals surface area contributed by atoms with Crippen molar-refractivity contribution in [1.82, 2.24) is 10.3 Å². The number of nitrogens with zero attached hydrogens (tertiary/aromatic N) is 1. The molecule has 5 N–H and O–H groups in total. The molecule has 0 aliphatic rings. The van der Waals surface area contributed by atoms with Gasteiger partial charge in [-0.15, -0.1) is 0 Å². The molecule has 1 aromatic heterocycles. The topological polar surface area (TPSA) is 117 Å². The van der Waals surface area contributed by atoms with Crippen molar-refractivity contribution in [2.24, 2.45) is 0 Å².